The summed E-state index contributed by atoms with van der Waals surface area (Å²) in [6.45, 7) is 6.48. The number of carbonyl (C=O) groups is 4. The molecule has 0 aliphatic carbocycles. The number of hydroxylamine groups is 2. The molecule has 1 aromatic heterocycles. The zero-order valence-corrected chi connectivity index (χ0v) is 27.1. The van der Waals surface area contributed by atoms with Gasteiger partial charge in [0.15, 0.2) is 5.76 Å². The van der Waals surface area contributed by atoms with E-state index in [2.05, 4.69) is 17.6 Å². The van der Waals surface area contributed by atoms with Gasteiger partial charge in [0, 0.05) is 5.56 Å². The molecule has 0 radical (unpaired) electrons. The Labute approximate surface area is 270 Å². The van der Waals surface area contributed by atoms with Gasteiger partial charge in [-0.25, -0.2) is 9.86 Å². The molecule has 0 bridgehead atoms. The zero-order valence-electron chi connectivity index (χ0n) is 27.1. The summed E-state index contributed by atoms with van der Waals surface area (Å²) >= 11 is 0. The highest BCUT2D eigenvalue weighted by Gasteiger charge is 2.32. The van der Waals surface area contributed by atoms with Crippen LogP contribution in [0.4, 0.5) is 0 Å². The van der Waals surface area contributed by atoms with Crippen molar-refractivity contribution in [3.63, 3.8) is 0 Å². The Kier molecular flexibility index (Phi) is 14.8. The highest BCUT2D eigenvalue weighted by molar-refractivity contribution is 5.93. The maximum atomic E-state index is 13.4. The predicted octanol–water partition coefficient (Wildman–Crippen LogP) is 5.89. The van der Waals surface area contributed by atoms with Crippen LogP contribution < -0.4 is 15.4 Å². The Bertz CT molecular complexity index is 1410. The number of methoxy groups -OCH3 is 1. The van der Waals surface area contributed by atoms with Crippen LogP contribution in [0.1, 0.15) is 85.8 Å². The van der Waals surface area contributed by atoms with Crippen molar-refractivity contribution < 1.29 is 37.9 Å². The number of amides is 3. The molecule has 3 rings (SSSR count). The Hall–Kier alpha value is -4.64. The van der Waals surface area contributed by atoms with Crippen molar-refractivity contribution in [1.29, 1.82) is 0 Å². The first-order valence-corrected chi connectivity index (χ1v) is 15.8. The standard InChI is InChI=1S/C35H45N3O8/c1-5-8-10-15-29(30(7-3)38(24-39)45-22-25-13-11-9-12-14-25)33(40)36-23-37-34(41)32-17-16-31(46-32)26-19-27(35(42)43-4)21-28(20-26)44-18-6-2/h9,11-14,16-17,19-21,24,29-30H,5-8,10,15,18,22-23H2,1-4H3,(H,36,40)(H,37,41). The number of carbonyl (C=O) groups excluding carboxylic acids is 4. The van der Waals surface area contributed by atoms with Crippen LogP contribution in [0.15, 0.2) is 65.1 Å². The molecule has 46 heavy (non-hydrogen) atoms. The second-order valence-electron chi connectivity index (χ2n) is 10.8. The lowest BCUT2D eigenvalue weighted by Gasteiger charge is -2.32. The van der Waals surface area contributed by atoms with E-state index in [1.807, 2.05) is 44.2 Å². The molecule has 0 aliphatic heterocycles. The third kappa shape index (κ3) is 10.5. The van der Waals surface area contributed by atoms with Gasteiger partial charge in [0.05, 0.1) is 37.9 Å². The van der Waals surface area contributed by atoms with Crippen molar-refractivity contribution in [3.8, 4) is 17.1 Å². The van der Waals surface area contributed by atoms with Gasteiger partial charge < -0.3 is 24.5 Å². The zero-order chi connectivity index (χ0) is 33.3. The average molecular weight is 636 g/mol. The second-order valence-corrected chi connectivity index (χ2v) is 10.8. The average Bonchev–Trinajstić information content (AvgIpc) is 3.59. The Morgan fingerprint density at radius 2 is 1.74 bits per heavy atom. The summed E-state index contributed by atoms with van der Waals surface area (Å²) in [5, 5.41) is 6.69. The molecule has 11 heteroatoms. The Morgan fingerprint density at radius 1 is 0.957 bits per heavy atom. The summed E-state index contributed by atoms with van der Waals surface area (Å²) in [5.74, 6) is -1.05. The third-order valence-corrected chi connectivity index (χ3v) is 7.42. The maximum Gasteiger partial charge on any atom is 0.338 e. The van der Waals surface area contributed by atoms with E-state index in [4.69, 9.17) is 18.7 Å². The normalized spacial score (nSPS) is 12.1. The fraction of sp³-hybridized carbons (Fsp3) is 0.429. The first-order valence-electron chi connectivity index (χ1n) is 15.8. The molecule has 0 fully saturated rings. The third-order valence-electron chi connectivity index (χ3n) is 7.42. The summed E-state index contributed by atoms with van der Waals surface area (Å²) in [4.78, 5) is 56.4. The van der Waals surface area contributed by atoms with E-state index in [0.29, 0.717) is 42.9 Å². The van der Waals surface area contributed by atoms with E-state index in [1.54, 1.807) is 24.3 Å². The van der Waals surface area contributed by atoms with Gasteiger partial charge in [-0.15, -0.1) is 0 Å². The minimum absolute atomic E-state index is 0.0242. The van der Waals surface area contributed by atoms with Gasteiger partial charge in [-0.2, -0.15) is 0 Å². The molecule has 0 aliphatic rings. The Morgan fingerprint density at radius 3 is 2.41 bits per heavy atom. The number of rotatable bonds is 20. The molecule has 2 unspecified atom stereocenters. The highest BCUT2D eigenvalue weighted by atomic mass is 16.7. The van der Waals surface area contributed by atoms with Crippen LogP contribution in [0.2, 0.25) is 0 Å². The fourth-order valence-corrected chi connectivity index (χ4v) is 5.01. The molecular weight excluding hydrogens is 590 g/mol. The first kappa shape index (κ1) is 35.8. The Balaban J connectivity index is 1.66. The van der Waals surface area contributed by atoms with Gasteiger partial charge in [0.25, 0.3) is 5.91 Å². The second kappa shape index (κ2) is 19.0. The smallest absolute Gasteiger partial charge is 0.338 e. The number of hydrogen-bond acceptors (Lipinski definition) is 8. The lowest BCUT2D eigenvalue weighted by atomic mass is 9.90. The van der Waals surface area contributed by atoms with E-state index < -0.39 is 23.8 Å². The summed E-state index contributed by atoms with van der Waals surface area (Å²) in [6, 6.07) is 17.0. The van der Waals surface area contributed by atoms with Crippen molar-refractivity contribution in [2.45, 2.75) is 71.9 Å². The van der Waals surface area contributed by atoms with Gasteiger partial charge >= 0.3 is 5.97 Å². The molecule has 3 amide bonds. The van der Waals surface area contributed by atoms with Crippen LogP contribution in [0.3, 0.4) is 0 Å². The van der Waals surface area contributed by atoms with Crippen molar-refractivity contribution in [1.82, 2.24) is 15.7 Å². The molecule has 0 saturated heterocycles. The number of hydrogen-bond donors (Lipinski definition) is 2. The van der Waals surface area contributed by atoms with Crippen LogP contribution in [0.25, 0.3) is 11.3 Å². The molecule has 0 saturated carbocycles. The number of ether oxygens (including phenoxy) is 2. The van der Waals surface area contributed by atoms with E-state index in [1.165, 1.54) is 18.2 Å². The van der Waals surface area contributed by atoms with Gasteiger partial charge in [-0.1, -0.05) is 70.4 Å². The quantitative estimate of drug-likeness (QED) is 0.0516. The topological polar surface area (TPSA) is 136 Å². The van der Waals surface area contributed by atoms with E-state index in [9.17, 15) is 19.2 Å². The van der Waals surface area contributed by atoms with Crippen LogP contribution in [0, 0.1) is 5.92 Å². The highest BCUT2D eigenvalue weighted by Crippen LogP contribution is 2.29. The van der Waals surface area contributed by atoms with Gasteiger partial charge in [-0.05, 0) is 55.2 Å². The van der Waals surface area contributed by atoms with Crippen molar-refractivity contribution in [3.05, 3.63) is 77.6 Å². The minimum atomic E-state index is -0.546. The monoisotopic (exact) mass is 635 g/mol. The predicted molar refractivity (Wildman–Crippen MR) is 173 cm³/mol. The number of nitrogens with one attached hydrogen (secondary N) is 2. The number of benzene rings is 2. The van der Waals surface area contributed by atoms with Gasteiger partial charge in [-0.3, -0.25) is 19.2 Å². The van der Waals surface area contributed by atoms with Crippen molar-refractivity contribution >= 4 is 24.2 Å². The largest absolute Gasteiger partial charge is 0.494 e. The van der Waals surface area contributed by atoms with Crippen molar-refractivity contribution in [2.75, 3.05) is 20.4 Å². The summed E-state index contributed by atoms with van der Waals surface area (Å²) in [5.41, 5.74) is 1.73. The molecular formula is C35H45N3O8. The summed E-state index contributed by atoms with van der Waals surface area (Å²) in [7, 11) is 1.30. The number of furan rings is 1. The lowest BCUT2D eigenvalue weighted by molar-refractivity contribution is -0.200. The summed E-state index contributed by atoms with van der Waals surface area (Å²) in [6.07, 6.45) is 5.19. The first-order chi connectivity index (χ1) is 22.3. The van der Waals surface area contributed by atoms with Gasteiger partial charge in [0.1, 0.15) is 18.1 Å². The van der Waals surface area contributed by atoms with Crippen LogP contribution in [-0.2, 0) is 25.8 Å². The molecule has 248 valence electrons. The molecule has 11 nitrogen and oxygen atoms in total. The molecule has 2 aromatic carbocycles. The molecule has 2 N–H and O–H groups in total. The van der Waals surface area contributed by atoms with E-state index >= 15 is 0 Å². The number of nitrogens with zero attached hydrogens (tertiary/aromatic N) is 1. The van der Waals surface area contributed by atoms with Gasteiger partial charge in [0.2, 0.25) is 12.3 Å². The summed E-state index contributed by atoms with van der Waals surface area (Å²) < 4.78 is 16.4. The fourth-order valence-electron chi connectivity index (χ4n) is 5.01. The van der Waals surface area contributed by atoms with Crippen LogP contribution in [-0.4, -0.2) is 55.7 Å². The van der Waals surface area contributed by atoms with Crippen LogP contribution in [0.5, 0.6) is 5.75 Å². The molecule has 1 heterocycles. The van der Waals surface area contributed by atoms with E-state index in [-0.39, 0.29) is 30.5 Å². The van der Waals surface area contributed by atoms with Crippen molar-refractivity contribution in [2.24, 2.45) is 5.92 Å². The minimum Gasteiger partial charge on any atom is -0.494 e. The van der Waals surface area contributed by atoms with Crippen LogP contribution >= 0.6 is 0 Å². The number of esters is 1. The molecule has 3 aromatic rings. The lowest BCUT2D eigenvalue weighted by Crippen LogP contribution is -2.48. The SMILES string of the molecule is CCCCCC(C(=O)NCNC(=O)c1ccc(-c2cc(OCCC)cc(C(=O)OC)c2)o1)C(CC)N(C=O)OCc1ccccc1. The number of unbranched alkanes of at least 4 members (excludes halogenated alkanes) is 2. The maximum absolute atomic E-state index is 13.4. The molecule has 2 atom stereocenters. The molecule has 0 spiro atoms. The van der Waals surface area contributed by atoms with E-state index in [0.717, 1.165) is 31.2 Å².